The van der Waals surface area contributed by atoms with Crippen LogP contribution in [0.2, 0.25) is 0 Å². The highest BCUT2D eigenvalue weighted by atomic mass is 16.5. The second kappa shape index (κ2) is 10.6. The Bertz CT molecular complexity index is 1150. The predicted octanol–water partition coefficient (Wildman–Crippen LogP) is 4.14. The Labute approximate surface area is 186 Å². The molecule has 3 rings (SSSR count). The maximum Gasteiger partial charge on any atom is 0.338 e. The summed E-state index contributed by atoms with van der Waals surface area (Å²) < 4.78 is 16.1. The summed E-state index contributed by atoms with van der Waals surface area (Å²) in [5.41, 5.74) is 2.11. The first-order valence-electron chi connectivity index (χ1n) is 10.6. The highest BCUT2D eigenvalue weighted by molar-refractivity contribution is 5.91. The number of esters is 1. The lowest BCUT2D eigenvalue weighted by atomic mass is 10.1. The number of aryl methyl sites for hydroxylation is 1. The van der Waals surface area contributed by atoms with Gasteiger partial charge in [-0.05, 0) is 55.7 Å². The Morgan fingerprint density at radius 2 is 1.84 bits per heavy atom. The molecule has 1 N–H and O–H groups in total. The van der Waals surface area contributed by atoms with E-state index in [1.54, 1.807) is 30.3 Å². The quantitative estimate of drug-likeness (QED) is 0.399. The zero-order valence-electron chi connectivity index (χ0n) is 18.5. The van der Waals surface area contributed by atoms with Crippen molar-refractivity contribution in [1.29, 1.82) is 0 Å². The first-order valence-corrected chi connectivity index (χ1v) is 10.6. The van der Waals surface area contributed by atoms with Crippen molar-refractivity contribution in [3.8, 4) is 5.75 Å². The largest absolute Gasteiger partial charge is 0.489 e. The number of benzene rings is 2. The minimum atomic E-state index is -0.560. The average molecular weight is 437 g/mol. The van der Waals surface area contributed by atoms with Gasteiger partial charge in [-0.3, -0.25) is 4.79 Å². The number of carbonyl (C=O) groups is 2. The lowest BCUT2D eigenvalue weighted by molar-refractivity contribution is -0.124. The highest BCUT2D eigenvalue weighted by Gasteiger charge is 2.12. The van der Waals surface area contributed by atoms with Gasteiger partial charge in [-0.1, -0.05) is 25.5 Å². The lowest BCUT2D eigenvalue weighted by Gasteiger charge is -2.12. The molecular formula is C25H27NO6. The van der Waals surface area contributed by atoms with Gasteiger partial charge in [0, 0.05) is 23.6 Å². The van der Waals surface area contributed by atoms with E-state index in [0.717, 1.165) is 29.4 Å². The van der Waals surface area contributed by atoms with Crippen LogP contribution in [0.5, 0.6) is 5.75 Å². The Balaban J connectivity index is 1.53. The Morgan fingerprint density at radius 1 is 1.09 bits per heavy atom. The minimum absolute atomic E-state index is 0.0492. The number of fused-ring (bicyclic) bond motifs is 1. The molecule has 2 aromatic carbocycles. The van der Waals surface area contributed by atoms with Gasteiger partial charge in [0.1, 0.15) is 17.9 Å². The summed E-state index contributed by atoms with van der Waals surface area (Å²) in [6.45, 7) is 5.77. The van der Waals surface area contributed by atoms with Crippen molar-refractivity contribution in [3.05, 3.63) is 75.6 Å². The molecule has 3 aromatic rings. The van der Waals surface area contributed by atoms with Crippen molar-refractivity contribution in [2.24, 2.45) is 0 Å². The molecule has 0 radical (unpaired) electrons. The van der Waals surface area contributed by atoms with E-state index in [9.17, 15) is 14.4 Å². The van der Waals surface area contributed by atoms with Crippen molar-refractivity contribution < 1.29 is 23.5 Å². The van der Waals surface area contributed by atoms with E-state index in [1.165, 1.54) is 6.07 Å². The number of hydrogen-bond donors (Lipinski definition) is 1. The fraction of sp³-hybridized carbons (Fsp3) is 0.320. The molecule has 0 spiro atoms. The average Bonchev–Trinajstić information content (AvgIpc) is 2.76. The first-order chi connectivity index (χ1) is 15.4. The van der Waals surface area contributed by atoms with E-state index >= 15 is 0 Å². The molecule has 0 aliphatic heterocycles. The van der Waals surface area contributed by atoms with Gasteiger partial charge in [0.25, 0.3) is 5.91 Å². The summed E-state index contributed by atoms with van der Waals surface area (Å²) >= 11 is 0. The van der Waals surface area contributed by atoms with Crippen LogP contribution >= 0.6 is 0 Å². The third-order valence-corrected chi connectivity index (χ3v) is 4.98. The van der Waals surface area contributed by atoms with E-state index in [-0.39, 0.29) is 25.2 Å². The second-order valence-corrected chi connectivity index (χ2v) is 7.73. The van der Waals surface area contributed by atoms with Gasteiger partial charge in [-0.2, -0.15) is 0 Å². The smallest absolute Gasteiger partial charge is 0.338 e. The van der Waals surface area contributed by atoms with Crippen LogP contribution in [-0.4, -0.2) is 24.5 Å². The number of carbonyl (C=O) groups excluding carboxylic acids is 2. The monoisotopic (exact) mass is 437 g/mol. The van der Waals surface area contributed by atoms with Crippen LogP contribution in [-0.2, 0) is 16.1 Å². The fourth-order valence-corrected chi connectivity index (χ4v) is 3.33. The molecule has 1 aromatic heterocycles. The molecule has 1 amide bonds. The Kier molecular flexibility index (Phi) is 7.65. The molecular weight excluding hydrogens is 410 g/mol. The van der Waals surface area contributed by atoms with Crippen molar-refractivity contribution in [2.75, 3.05) is 6.61 Å². The Hall–Kier alpha value is -3.61. The predicted molar refractivity (Wildman–Crippen MR) is 121 cm³/mol. The summed E-state index contributed by atoms with van der Waals surface area (Å²) in [7, 11) is 0. The molecule has 0 fully saturated rings. The standard InChI is InChI=1S/C25H27NO6/c1-4-5-17(3)26-23(27)15-31-25(29)19-8-6-18(7-9-19)14-30-20-10-11-21-16(2)12-24(28)32-22(21)13-20/h6-13,17H,4-5,14-15H2,1-3H3,(H,26,27)/t17-/m1/s1. The maximum absolute atomic E-state index is 12.2. The van der Waals surface area contributed by atoms with Crippen LogP contribution < -0.4 is 15.7 Å². The number of amides is 1. The molecule has 0 saturated carbocycles. The van der Waals surface area contributed by atoms with Crippen LogP contribution in [0.25, 0.3) is 11.0 Å². The summed E-state index contributed by atoms with van der Waals surface area (Å²) in [5, 5.41) is 3.64. The van der Waals surface area contributed by atoms with Crippen LogP contribution in [0, 0.1) is 6.92 Å². The number of ether oxygens (including phenoxy) is 2. The second-order valence-electron chi connectivity index (χ2n) is 7.73. The van der Waals surface area contributed by atoms with Crippen LogP contribution in [0.15, 0.2) is 57.7 Å². The van der Waals surface area contributed by atoms with Crippen molar-refractivity contribution in [2.45, 2.75) is 46.3 Å². The Morgan fingerprint density at radius 3 is 2.56 bits per heavy atom. The van der Waals surface area contributed by atoms with Crippen LogP contribution in [0.1, 0.15) is 48.2 Å². The molecule has 168 valence electrons. The van der Waals surface area contributed by atoms with E-state index in [2.05, 4.69) is 5.32 Å². The minimum Gasteiger partial charge on any atom is -0.489 e. The van der Waals surface area contributed by atoms with Gasteiger partial charge in [-0.25, -0.2) is 9.59 Å². The van der Waals surface area contributed by atoms with Crippen molar-refractivity contribution >= 4 is 22.8 Å². The molecule has 1 heterocycles. The third-order valence-electron chi connectivity index (χ3n) is 4.98. The molecule has 1 atom stereocenters. The molecule has 0 aliphatic rings. The zero-order valence-corrected chi connectivity index (χ0v) is 18.5. The molecule has 0 aliphatic carbocycles. The van der Waals surface area contributed by atoms with Gasteiger partial charge in [0.2, 0.25) is 0 Å². The third kappa shape index (κ3) is 6.20. The fourth-order valence-electron chi connectivity index (χ4n) is 3.33. The van der Waals surface area contributed by atoms with Crippen LogP contribution in [0.3, 0.4) is 0 Å². The SMILES string of the molecule is CCC[C@@H](C)NC(=O)COC(=O)c1ccc(COc2ccc3c(C)cc(=O)oc3c2)cc1. The number of nitrogens with one attached hydrogen (secondary N) is 1. The van der Waals surface area contributed by atoms with E-state index < -0.39 is 11.6 Å². The van der Waals surface area contributed by atoms with Crippen molar-refractivity contribution in [3.63, 3.8) is 0 Å². The molecule has 0 bridgehead atoms. The van der Waals surface area contributed by atoms with Gasteiger partial charge >= 0.3 is 11.6 Å². The maximum atomic E-state index is 12.2. The number of hydrogen-bond acceptors (Lipinski definition) is 6. The van der Waals surface area contributed by atoms with Gasteiger partial charge in [0.15, 0.2) is 6.61 Å². The van der Waals surface area contributed by atoms with E-state index in [4.69, 9.17) is 13.9 Å². The molecule has 0 saturated heterocycles. The van der Waals surface area contributed by atoms with Crippen LogP contribution in [0.4, 0.5) is 0 Å². The zero-order chi connectivity index (χ0) is 23.1. The first kappa shape index (κ1) is 23.1. The van der Waals surface area contributed by atoms with Gasteiger partial charge in [0.05, 0.1) is 5.56 Å². The summed E-state index contributed by atoms with van der Waals surface area (Å²) in [6.07, 6.45) is 1.84. The summed E-state index contributed by atoms with van der Waals surface area (Å²) in [6, 6.07) is 13.6. The molecule has 7 heteroatoms. The molecule has 7 nitrogen and oxygen atoms in total. The normalized spacial score (nSPS) is 11.7. The van der Waals surface area contributed by atoms with E-state index in [1.807, 2.05) is 32.9 Å². The highest BCUT2D eigenvalue weighted by Crippen LogP contribution is 2.23. The van der Waals surface area contributed by atoms with Gasteiger partial charge in [-0.15, -0.1) is 0 Å². The van der Waals surface area contributed by atoms with E-state index in [0.29, 0.717) is 16.9 Å². The van der Waals surface area contributed by atoms with Gasteiger partial charge < -0.3 is 19.2 Å². The topological polar surface area (TPSA) is 94.8 Å². The number of rotatable bonds is 9. The molecule has 32 heavy (non-hydrogen) atoms. The van der Waals surface area contributed by atoms with Crippen molar-refractivity contribution in [1.82, 2.24) is 5.32 Å². The molecule has 0 unspecified atom stereocenters. The lowest BCUT2D eigenvalue weighted by Crippen LogP contribution is -2.35. The summed E-state index contributed by atoms with van der Waals surface area (Å²) in [5.74, 6) is -0.306. The summed E-state index contributed by atoms with van der Waals surface area (Å²) in [4.78, 5) is 35.6.